The summed E-state index contributed by atoms with van der Waals surface area (Å²) in [6.45, 7) is 6.92. The smallest absolute Gasteiger partial charge is 0.244 e. The van der Waals surface area contributed by atoms with Crippen LogP contribution in [-0.2, 0) is 16.0 Å². The van der Waals surface area contributed by atoms with Crippen molar-refractivity contribution in [1.82, 2.24) is 10.2 Å². The number of halogens is 2. The van der Waals surface area contributed by atoms with Crippen LogP contribution in [0.5, 0.6) is 0 Å². The van der Waals surface area contributed by atoms with Gasteiger partial charge in [-0.2, -0.15) is 0 Å². The van der Waals surface area contributed by atoms with E-state index in [4.69, 9.17) is 4.74 Å². The van der Waals surface area contributed by atoms with E-state index in [1.807, 2.05) is 19.1 Å². The molecule has 5 nitrogen and oxygen atoms in total. The van der Waals surface area contributed by atoms with Gasteiger partial charge in [0, 0.05) is 18.8 Å². The largest absolute Gasteiger partial charge is 0.375 e. The fraction of sp³-hybridized carbons (Fsp3) is 0.632. The zero-order valence-electron chi connectivity index (χ0n) is 15.4. The molecule has 1 amide bonds. The lowest BCUT2D eigenvalue weighted by molar-refractivity contribution is -0.123. The van der Waals surface area contributed by atoms with Gasteiger partial charge < -0.3 is 20.3 Å². The van der Waals surface area contributed by atoms with E-state index in [0.717, 1.165) is 25.2 Å². The van der Waals surface area contributed by atoms with Gasteiger partial charge in [0.15, 0.2) is 0 Å². The number of ether oxygens (including phenoxy) is 1. The lowest BCUT2D eigenvalue weighted by atomic mass is 10.1. The quantitative estimate of drug-likeness (QED) is 0.793. The number of morpholine rings is 1. The van der Waals surface area contributed by atoms with Gasteiger partial charge in [0.25, 0.3) is 0 Å². The average molecular weight is 404 g/mol. The Labute approximate surface area is 169 Å². The van der Waals surface area contributed by atoms with Gasteiger partial charge in [-0.3, -0.25) is 4.79 Å². The van der Waals surface area contributed by atoms with E-state index in [2.05, 4.69) is 27.7 Å². The first kappa shape index (κ1) is 23.2. The number of amides is 1. The number of benzene rings is 1. The van der Waals surface area contributed by atoms with E-state index in [0.29, 0.717) is 6.61 Å². The maximum absolute atomic E-state index is 12.3. The summed E-state index contributed by atoms with van der Waals surface area (Å²) >= 11 is 0. The molecule has 1 aromatic carbocycles. The zero-order valence-corrected chi connectivity index (χ0v) is 17.0. The van der Waals surface area contributed by atoms with Crippen LogP contribution in [0.4, 0.5) is 5.69 Å². The second kappa shape index (κ2) is 11.8. The van der Waals surface area contributed by atoms with Crippen molar-refractivity contribution in [3.8, 4) is 0 Å². The molecule has 0 unspecified atom stereocenters. The Morgan fingerprint density at radius 2 is 1.88 bits per heavy atom. The number of nitrogens with zero attached hydrogens (tertiary/aromatic N) is 1. The summed E-state index contributed by atoms with van der Waals surface area (Å²) in [6.07, 6.45) is 5.03. The van der Waals surface area contributed by atoms with Crippen LogP contribution in [-0.4, -0.2) is 55.7 Å². The van der Waals surface area contributed by atoms with Crippen LogP contribution in [0.1, 0.15) is 31.7 Å². The van der Waals surface area contributed by atoms with Crippen LogP contribution < -0.4 is 10.6 Å². The number of likely N-dealkylation sites (tertiary alicyclic amines) is 1. The van der Waals surface area contributed by atoms with Crippen LogP contribution >= 0.6 is 24.8 Å². The molecule has 3 rings (SSSR count). The normalized spacial score (nSPS) is 23.4. The summed E-state index contributed by atoms with van der Waals surface area (Å²) in [5, 5.41) is 6.20. The highest BCUT2D eigenvalue weighted by Crippen LogP contribution is 2.14. The molecule has 0 spiro atoms. The lowest BCUT2D eigenvalue weighted by Crippen LogP contribution is -2.53. The summed E-state index contributed by atoms with van der Waals surface area (Å²) in [5.41, 5.74) is 2.17. The summed E-state index contributed by atoms with van der Waals surface area (Å²) < 4.78 is 5.53. The Bertz CT molecular complexity index is 536. The van der Waals surface area contributed by atoms with Gasteiger partial charge in [0.2, 0.25) is 5.91 Å². The Morgan fingerprint density at radius 3 is 2.54 bits per heavy atom. The minimum Gasteiger partial charge on any atom is -0.375 e. The third kappa shape index (κ3) is 6.71. The Kier molecular flexibility index (Phi) is 10.5. The predicted octanol–water partition coefficient (Wildman–Crippen LogP) is 2.87. The van der Waals surface area contributed by atoms with Crippen molar-refractivity contribution in [2.75, 3.05) is 38.1 Å². The van der Waals surface area contributed by atoms with E-state index in [1.54, 1.807) is 0 Å². The first-order valence-corrected chi connectivity index (χ1v) is 9.19. The molecule has 2 atom stereocenters. The topological polar surface area (TPSA) is 53.6 Å². The fourth-order valence-corrected chi connectivity index (χ4v) is 3.47. The molecule has 0 saturated carbocycles. The van der Waals surface area contributed by atoms with Crippen molar-refractivity contribution in [2.24, 2.45) is 0 Å². The number of nitrogens with one attached hydrogen (secondary N) is 2. The highest BCUT2D eigenvalue weighted by molar-refractivity contribution is 5.95. The number of piperidine rings is 1. The molecule has 0 aliphatic carbocycles. The number of carbonyl (C=O) groups excluding carboxylic acids is 1. The molecular formula is C19H31Cl2N3O2. The Hall–Kier alpha value is -0.850. The molecule has 2 N–H and O–H groups in total. The number of hydrogen-bond donors (Lipinski definition) is 2. The highest BCUT2D eigenvalue weighted by Gasteiger charge is 2.28. The predicted molar refractivity (Wildman–Crippen MR) is 111 cm³/mol. The SMILES string of the molecule is C[C@H]1OCCN[C@@H]1C(=O)Nc1ccc(CCN2CCCCC2)cc1.Cl.Cl. The van der Waals surface area contributed by atoms with Gasteiger partial charge in [-0.1, -0.05) is 18.6 Å². The molecule has 2 fully saturated rings. The van der Waals surface area contributed by atoms with Crippen molar-refractivity contribution in [1.29, 1.82) is 0 Å². The number of hydrogen-bond acceptors (Lipinski definition) is 4. The van der Waals surface area contributed by atoms with E-state index in [1.165, 1.54) is 37.9 Å². The van der Waals surface area contributed by atoms with E-state index < -0.39 is 0 Å². The van der Waals surface area contributed by atoms with Crippen LogP contribution in [0.2, 0.25) is 0 Å². The van der Waals surface area contributed by atoms with Crippen molar-refractivity contribution >= 4 is 36.4 Å². The molecule has 0 aromatic heterocycles. The number of carbonyl (C=O) groups is 1. The molecular weight excluding hydrogens is 373 g/mol. The van der Waals surface area contributed by atoms with Gasteiger partial charge in [0.1, 0.15) is 6.04 Å². The van der Waals surface area contributed by atoms with Crippen LogP contribution in [0, 0.1) is 0 Å². The lowest BCUT2D eigenvalue weighted by Gasteiger charge is -2.29. The summed E-state index contributed by atoms with van der Waals surface area (Å²) in [6, 6.07) is 7.95. The van der Waals surface area contributed by atoms with E-state index >= 15 is 0 Å². The van der Waals surface area contributed by atoms with Gasteiger partial charge >= 0.3 is 0 Å². The van der Waals surface area contributed by atoms with Crippen LogP contribution in [0.3, 0.4) is 0 Å². The summed E-state index contributed by atoms with van der Waals surface area (Å²) in [5.74, 6) is -0.0248. The van der Waals surface area contributed by atoms with Crippen molar-refractivity contribution in [3.63, 3.8) is 0 Å². The molecule has 2 heterocycles. The summed E-state index contributed by atoms with van der Waals surface area (Å²) in [4.78, 5) is 14.9. The molecule has 0 bridgehead atoms. The molecule has 2 aliphatic heterocycles. The summed E-state index contributed by atoms with van der Waals surface area (Å²) in [7, 11) is 0. The Morgan fingerprint density at radius 1 is 1.19 bits per heavy atom. The first-order chi connectivity index (χ1) is 11.7. The maximum Gasteiger partial charge on any atom is 0.244 e. The molecule has 2 saturated heterocycles. The number of anilines is 1. The van der Waals surface area contributed by atoms with Gasteiger partial charge in [0.05, 0.1) is 12.7 Å². The molecule has 7 heteroatoms. The zero-order chi connectivity index (χ0) is 16.8. The third-order valence-electron chi connectivity index (χ3n) is 4.99. The van der Waals surface area contributed by atoms with Gasteiger partial charge in [-0.25, -0.2) is 0 Å². The monoisotopic (exact) mass is 403 g/mol. The molecule has 2 aliphatic rings. The van der Waals surface area contributed by atoms with Crippen LogP contribution in [0.15, 0.2) is 24.3 Å². The van der Waals surface area contributed by atoms with Crippen molar-refractivity contribution in [3.05, 3.63) is 29.8 Å². The molecule has 0 radical (unpaired) electrons. The van der Waals surface area contributed by atoms with Crippen LogP contribution in [0.25, 0.3) is 0 Å². The minimum absolute atomic E-state index is 0. The molecule has 148 valence electrons. The minimum atomic E-state index is -0.280. The molecule has 26 heavy (non-hydrogen) atoms. The molecule has 1 aromatic rings. The second-order valence-corrected chi connectivity index (χ2v) is 6.85. The average Bonchev–Trinajstić information content (AvgIpc) is 2.62. The standard InChI is InChI=1S/C19H29N3O2.2ClH/c1-15-18(20-10-14-24-15)19(23)21-17-7-5-16(6-8-17)9-13-22-11-3-2-4-12-22;;/h5-8,15,18,20H,2-4,9-14H2,1H3,(H,21,23);2*1H/t15-,18+;;/m1../s1. The third-order valence-corrected chi connectivity index (χ3v) is 4.99. The second-order valence-electron chi connectivity index (χ2n) is 6.85. The van der Waals surface area contributed by atoms with Crippen molar-refractivity contribution < 1.29 is 9.53 Å². The Balaban J connectivity index is 0.00000169. The maximum atomic E-state index is 12.3. The van der Waals surface area contributed by atoms with Gasteiger partial charge in [-0.15, -0.1) is 24.8 Å². The van der Waals surface area contributed by atoms with Gasteiger partial charge in [-0.05, 0) is 57.0 Å². The van der Waals surface area contributed by atoms with E-state index in [-0.39, 0.29) is 42.9 Å². The first-order valence-electron chi connectivity index (χ1n) is 9.19. The van der Waals surface area contributed by atoms with Crippen molar-refractivity contribution in [2.45, 2.75) is 44.8 Å². The number of rotatable bonds is 5. The highest BCUT2D eigenvalue weighted by atomic mass is 35.5. The fourth-order valence-electron chi connectivity index (χ4n) is 3.47. The van der Waals surface area contributed by atoms with E-state index in [9.17, 15) is 4.79 Å².